The summed E-state index contributed by atoms with van der Waals surface area (Å²) in [5.74, 6) is -1.85. The van der Waals surface area contributed by atoms with Crippen molar-refractivity contribution in [1.82, 2.24) is 14.7 Å². The minimum absolute atomic E-state index is 0.363. The van der Waals surface area contributed by atoms with Gasteiger partial charge in [0.15, 0.2) is 5.69 Å². The molecule has 0 radical (unpaired) electrons. The van der Waals surface area contributed by atoms with Crippen LogP contribution in [0.25, 0.3) is 5.69 Å². The quantitative estimate of drug-likeness (QED) is 0.500. The van der Waals surface area contributed by atoms with E-state index in [1.165, 1.54) is 31.0 Å². The predicted molar refractivity (Wildman–Crippen MR) is 117 cm³/mol. The number of piperidine rings is 1. The molecule has 4 rings (SSSR count). The molecule has 2 heterocycles. The molecule has 1 fully saturated rings. The number of carbonyl (C=O) groups excluding carboxylic acids is 1. The van der Waals surface area contributed by atoms with E-state index >= 15 is 0 Å². The second-order valence-corrected chi connectivity index (χ2v) is 8.23. The number of hydrogen-bond donors (Lipinski definition) is 1. The first-order valence-corrected chi connectivity index (χ1v) is 10.8. The molecule has 33 heavy (non-hydrogen) atoms. The Bertz CT molecular complexity index is 1120. The van der Waals surface area contributed by atoms with E-state index in [4.69, 9.17) is 0 Å². The lowest BCUT2D eigenvalue weighted by Gasteiger charge is -2.33. The number of hydrogen-bond acceptors (Lipinski definition) is 3. The Morgan fingerprint density at radius 2 is 1.85 bits per heavy atom. The summed E-state index contributed by atoms with van der Waals surface area (Å²) in [7, 11) is 0. The summed E-state index contributed by atoms with van der Waals surface area (Å²) in [6, 6.07) is 12.5. The largest absolute Gasteiger partial charge is 0.434 e. The first-order chi connectivity index (χ1) is 15.7. The van der Waals surface area contributed by atoms with Gasteiger partial charge in [-0.25, -0.2) is 9.07 Å². The van der Waals surface area contributed by atoms with Crippen LogP contribution in [0.4, 0.5) is 23.2 Å². The Kier molecular flexibility index (Phi) is 6.51. The maximum Gasteiger partial charge on any atom is 0.434 e. The van der Waals surface area contributed by atoms with Crippen molar-refractivity contribution >= 4 is 11.6 Å². The van der Waals surface area contributed by atoms with Crippen molar-refractivity contribution in [3.8, 4) is 5.69 Å². The summed E-state index contributed by atoms with van der Waals surface area (Å²) < 4.78 is 55.9. The SMILES string of the molecule is CC1CCCCN1Cc1ccc(NC(=O)c2cnn(-c3ccccc3F)c2C(F)(F)F)cc1. The number of likely N-dealkylation sites (tertiary alicyclic amines) is 1. The molecule has 3 aromatic rings. The van der Waals surface area contributed by atoms with E-state index in [2.05, 4.69) is 22.2 Å². The molecule has 1 atom stereocenters. The average molecular weight is 460 g/mol. The summed E-state index contributed by atoms with van der Waals surface area (Å²) in [5.41, 5.74) is -0.981. The number of anilines is 1. The van der Waals surface area contributed by atoms with Crippen molar-refractivity contribution in [3.05, 3.63) is 77.4 Å². The van der Waals surface area contributed by atoms with E-state index in [0.29, 0.717) is 16.4 Å². The molecule has 1 aliphatic rings. The minimum Gasteiger partial charge on any atom is -0.322 e. The number of carbonyl (C=O) groups is 1. The van der Waals surface area contributed by atoms with Crippen molar-refractivity contribution in [2.45, 2.75) is 44.9 Å². The number of amides is 1. The highest BCUT2D eigenvalue weighted by atomic mass is 19.4. The number of benzene rings is 2. The van der Waals surface area contributed by atoms with Crippen LogP contribution in [0.15, 0.2) is 54.7 Å². The number of para-hydroxylation sites is 1. The normalized spacial score (nSPS) is 17.2. The first-order valence-electron chi connectivity index (χ1n) is 10.8. The molecule has 1 unspecified atom stereocenters. The highest BCUT2D eigenvalue weighted by Crippen LogP contribution is 2.34. The molecule has 0 spiro atoms. The van der Waals surface area contributed by atoms with Crippen LogP contribution in [0.1, 0.15) is 47.8 Å². The molecular formula is C24H24F4N4O. The van der Waals surface area contributed by atoms with Gasteiger partial charge in [0.05, 0.1) is 11.8 Å². The van der Waals surface area contributed by atoms with Crippen molar-refractivity contribution in [2.75, 3.05) is 11.9 Å². The molecule has 0 saturated carbocycles. The van der Waals surface area contributed by atoms with Gasteiger partial charge in [-0.3, -0.25) is 9.69 Å². The average Bonchev–Trinajstić information content (AvgIpc) is 3.23. The van der Waals surface area contributed by atoms with Crippen LogP contribution in [0.2, 0.25) is 0 Å². The molecule has 2 aromatic carbocycles. The molecule has 174 valence electrons. The van der Waals surface area contributed by atoms with Crippen LogP contribution in [-0.2, 0) is 12.7 Å². The van der Waals surface area contributed by atoms with Gasteiger partial charge in [0.25, 0.3) is 5.91 Å². The Hall–Kier alpha value is -3.20. The Labute approximate surface area is 189 Å². The van der Waals surface area contributed by atoms with Gasteiger partial charge in [0.2, 0.25) is 0 Å². The molecular weight excluding hydrogens is 436 g/mol. The highest BCUT2D eigenvalue weighted by molar-refractivity contribution is 6.05. The molecule has 0 aliphatic carbocycles. The van der Waals surface area contributed by atoms with Gasteiger partial charge >= 0.3 is 6.18 Å². The Balaban J connectivity index is 1.53. The van der Waals surface area contributed by atoms with E-state index in [9.17, 15) is 22.4 Å². The fourth-order valence-electron chi connectivity index (χ4n) is 4.11. The fraction of sp³-hybridized carbons (Fsp3) is 0.333. The molecule has 9 heteroatoms. The number of aromatic nitrogens is 2. The standard InChI is InChI=1S/C24H24F4N4O/c1-16-6-4-5-13-31(16)15-17-9-11-18(12-10-17)30-23(33)19-14-29-32(22(19)24(26,27)28)21-8-3-2-7-20(21)25/h2-3,7-12,14,16H,4-6,13,15H2,1H3,(H,30,33). The number of nitrogens with zero attached hydrogens (tertiary/aromatic N) is 3. The van der Waals surface area contributed by atoms with Crippen LogP contribution >= 0.6 is 0 Å². The van der Waals surface area contributed by atoms with Crippen LogP contribution in [0.3, 0.4) is 0 Å². The maximum absolute atomic E-state index is 14.1. The number of alkyl halides is 3. The van der Waals surface area contributed by atoms with Crippen LogP contribution in [0, 0.1) is 5.82 Å². The van der Waals surface area contributed by atoms with Crippen molar-refractivity contribution in [3.63, 3.8) is 0 Å². The topological polar surface area (TPSA) is 50.2 Å². The van der Waals surface area contributed by atoms with E-state index in [-0.39, 0.29) is 5.69 Å². The van der Waals surface area contributed by atoms with Crippen molar-refractivity contribution in [1.29, 1.82) is 0 Å². The third kappa shape index (κ3) is 5.08. The number of rotatable bonds is 5. The van der Waals surface area contributed by atoms with Crippen molar-refractivity contribution in [2.24, 2.45) is 0 Å². The van der Waals surface area contributed by atoms with E-state index in [1.807, 2.05) is 12.1 Å². The van der Waals surface area contributed by atoms with Gasteiger partial charge < -0.3 is 5.32 Å². The van der Waals surface area contributed by atoms with Crippen LogP contribution in [-0.4, -0.2) is 33.2 Å². The minimum atomic E-state index is -4.92. The zero-order valence-corrected chi connectivity index (χ0v) is 18.1. The summed E-state index contributed by atoms with van der Waals surface area (Å²) in [6.45, 7) is 4.02. The maximum atomic E-state index is 14.1. The fourth-order valence-corrected chi connectivity index (χ4v) is 4.11. The van der Waals surface area contributed by atoms with E-state index in [1.54, 1.807) is 12.1 Å². The summed E-state index contributed by atoms with van der Waals surface area (Å²) >= 11 is 0. The zero-order chi connectivity index (χ0) is 23.6. The first kappa shape index (κ1) is 23.0. The van der Waals surface area contributed by atoms with Gasteiger partial charge in [-0.1, -0.05) is 30.7 Å². The van der Waals surface area contributed by atoms with Crippen molar-refractivity contribution < 1.29 is 22.4 Å². The molecule has 1 saturated heterocycles. The number of halogens is 4. The van der Waals surface area contributed by atoms with Gasteiger partial charge in [-0.15, -0.1) is 0 Å². The lowest BCUT2D eigenvalue weighted by molar-refractivity contribution is -0.143. The number of nitrogens with one attached hydrogen (secondary N) is 1. The van der Waals surface area contributed by atoms with E-state index in [0.717, 1.165) is 37.3 Å². The molecule has 0 bridgehead atoms. The molecule has 1 aromatic heterocycles. The summed E-state index contributed by atoms with van der Waals surface area (Å²) in [4.78, 5) is 15.1. The Morgan fingerprint density at radius 1 is 1.12 bits per heavy atom. The highest BCUT2D eigenvalue weighted by Gasteiger charge is 2.41. The summed E-state index contributed by atoms with van der Waals surface area (Å²) in [6.07, 6.45) is -0.552. The monoisotopic (exact) mass is 460 g/mol. The second kappa shape index (κ2) is 9.35. The van der Waals surface area contributed by atoms with Crippen LogP contribution in [0.5, 0.6) is 0 Å². The third-order valence-corrected chi connectivity index (χ3v) is 5.90. The van der Waals surface area contributed by atoms with Gasteiger partial charge in [0.1, 0.15) is 11.5 Å². The lowest BCUT2D eigenvalue weighted by atomic mass is 10.0. The summed E-state index contributed by atoms with van der Waals surface area (Å²) in [5, 5.41) is 6.14. The molecule has 1 N–H and O–H groups in total. The predicted octanol–water partition coefficient (Wildman–Crippen LogP) is 5.66. The molecule has 1 aliphatic heterocycles. The smallest absolute Gasteiger partial charge is 0.322 e. The Morgan fingerprint density at radius 3 is 2.52 bits per heavy atom. The third-order valence-electron chi connectivity index (χ3n) is 5.90. The van der Waals surface area contributed by atoms with Gasteiger partial charge in [-0.2, -0.15) is 18.3 Å². The van der Waals surface area contributed by atoms with Gasteiger partial charge in [-0.05, 0) is 56.1 Å². The van der Waals surface area contributed by atoms with Crippen LogP contribution < -0.4 is 5.32 Å². The lowest BCUT2D eigenvalue weighted by Crippen LogP contribution is -2.36. The van der Waals surface area contributed by atoms with E-state index < -0.39 is 29.2 Å². The van der Waals surface area contributed by atoms with Gasteiger partial charge in [0, 0.05) is 18.3 Å². The molecule has 1 amide bonds. The zero-order valence-electron chi connectivity index (χ0n) is 18.1. The second-order valence-electron chi connectivity index (χ2n) is 8.23. The molecule has 5 nitrogen and oxygen atoms in total.